The summed E-state index contributed by atoms with van der Waals surface area (Å²) in [5, 5.41) is 9.12. The molecule has 1 fully saturated rings. The van der Waals surface area contributed by atoms with Gasteiger partial charge in [-0.3, -0.25) is 9.69 Å². The largest absolute Gasteiger partial charge is 0.375 e. The summed E-state index contributed by atoms with van der Waals surface area (Å²) in [4.78, 5) is 15.5. The van der Waals surface area contributed by atoms with Crippen molar-refractivity contribution in [2.75, 3.05) is 39.9 Å². The van der Waals surface area contributed by atoms with Crippen LogP contribution in [0.15, 0.2) is 0 Å². The Hall–Kier alpha value is -1.12. The van der Waals surface area contributed by atoms with Crippen LogP contribution in [0.25, 0.3) is 0 Å². The predicted molar refractivity (Wildman–Crippen MR) is 64.3 cm³/mol. The van der Waals surface area contributed by atoms with Gasteiger partial charge in [-0.2, -0.15) is 5.26 Å². The van der Waals surface area contributed by atoms with Crippen molar-refractivity contribution in [1.82, 2.24) is 9.80 Å². The zero-order chi connectivity index (χ0) is 12.8. The van der Waals surface area contributed by atoms with Crippen molar-refractivity contribution < 1.29 is 9.53 Å². The molecule has 1 rings (SSSR count). The van der Waals surface area contributed by atoms with E-state index >= 15 is 0 Å². The molecule has 96 valence electrons. The van der Waals surface area contributed by atoms with Gasteiger partial charge in [-0.15, -0.1) is 0 Å². The molecule has 1 aliphatic heterocycles. The molecule has 1 heterocycles. The van der Waals surface area contributed by atoms with Crippen LogP contribution < -0.4 is 0 Å². The van der Waals surface area contributed by atoms with Crippen LogP contribution in [-0.4, -0.2) is 61.6 Å². The van der Waals surface area contributed by atoms with Gasteiger partial charge >= 0.3 is 0 Å². The summed E-state index contributed by atoms with van der Waals surface area (Å²) < 4.78 is 4.83. The second-order valence-electron chi connectivity index (χ2n) is 4.67. The number of methoxy groups -OCH3 is 1. The molecule has 1 atom stereocenters. The Morgan fingerprint density at radius 2 is 1.94 bits per heavy atom. The molecule has 1 amide bonds. The fourth-order valence-electron chi connectivity index (χ4n) is 2.12. The zero-order valence-electron chi connectivity index (χ0n) is 10.8. The molecule has 1 aliphatic rings. The Kier molecular flexibility index (Phi) is 5.39. The van der Waals surface area contributed by atoms with E-state index in [-0.39, 0.29) is 18.6 Å². The van der Waals surface area contributed by atoms with Crippen LogP contribution in [0.3, 0.4) is 0 Å². The van der Waals surface area contributed by atoms with Gasteiger partial charge in [-0.25, -0.2) is 0 Å². The third-order valence-electron chi connectivity index (χ3n) is 3.09. The van der Waals surface area contributed by atoms with Crippen LogP contribution in [0.2, 0.25) is 0 Å². The lowest BCUT2D eigenvalue weighted by molar-refractivity contribution is -0.137. The number of piperazine rings is 1. The summed E-state index contributed by atoms with van der Waals surface area (Å²) in [5.41, 5.74) is 0. The SMILES string of the molecule is COCC(=O)N1CCN(C(C#N)C(C)C)CC1. The Morgan fingerprint density at radius 3 is 2.35 bits per heavy atom. The number of carbonyl (C=O) groups excluding carboxylic acids is 1. The first-order valence-electron chi connectivity index (χ1n) is 6.00. The number of hydrogen-bond donors (Lipinski definition) is 0. The minimum Gasteiger partial charge on any atom is -0.375 e. The van der Waals surface area contributed by atoms with Crippen LogP contribution in [-0.2, 0) is 9.53 Å². The van der Waals surface area contributed by atoms with Crippen molar-refractivity contribution in [2.24, 2.45) is 5.92 Å². The monoisotopic (exact) mass is 239 g/mol. The van der Waals surface area contributed by atoms with Crippen molar-refractivity contribution in [3.63, 3.8) is 0 Å². The highest BCUT2D eigenvalue weighted by Crippen LogP contribution is 2.13. The maximum atomic E-state index is 11.6. The van der Waals surface area contributed by atoms with Gasteiger partial charge in [-0.1, -0.05) is 13.8 Å². The maximum Gasteiger partial charge on any atom is 0.248 e. The van der Waals surface area contributed by atoms with Crippen molar-refractivity contribution in [3.8, 4) is 6.07 Å². The fourth-order valence-corrected chi connectivity index (χ4v) is 2.12. The third-order valence-corrected chi connectivity index (χ3v) is 3.09. The summed E-state index contributed by atoms with van der Waals surface area (Å²) in [5.74, 6) is 0.353. The molecule has 0 bridgehead atoms. The Balaban J connectivity index is 2.45. The van der Waals surface area contributed by atoms with E-state index in [1.807, 2.05) is 0 Å². The number of hydrogen-bond acceptors (Lipinski definition) is 4. The minimum atomic E-state index is -0.0466. The molecule has 0 radical (unpaired) electrons. The third kappa shape index (κ3) is 3.69. The molecular weight excluding hydrogens is 218 g/mol. The predicted octanol–water partition coefficient (Wildman–Crippen LogP) is 0.325. The number of carbonyl (C=O) groups is 1. The molecule has 0 N–H and O–H groups in total. The molecule has 0 spiro atoms. The fraction of sp³-hybridized carbons (Fsp3) is 0.833. The van der Waals surface area contributed by atoms with E-state index < -0.39 is 0 Å². The molecule has 1 unspecified atom stereocenters. The molecule has 5 nitrogen and oxygen atoms in total. The van der Waals surface area contributed by atoms with Gasteiger partial charge in [0.25, 0.3) is 0 Å². The van der Waals surface area contributed by atoms with Crippen LogP contribution in [0.1, 0.15) is 13.8 Å². The van der Waals surface area contributed by atoms with Crippen LogP contribution >= 0.6 is 0 Å². The first-order chi connectivity index (χ1) is 8.10. The second kappa shape index (κ2) is 6.58. The van der Waals surface area contributed by atoms with Crippen LogP contribution in [0.4, 0.5) is 0 Å². The highest BCUT2D eigenvalue weighted by molar-refractivity contribution is 5.77. The molecule has 1 saturated heterocycles. The van der Waals surface area contributed by atoms with E-state index in [0.717, 1.165) is 13.1 Å². The summed E-state index contributed by atoms with van der Waals surface area (Å²) in [6.07, 6.45) is 0. The molecule has 0 aromatic carbocycles. The average molecular weight is 239 g/mol. The van der Waals surface area contributed by atoms with Gasteiger partial charge < -0.3 is 9.64 Å². The lowest BCUT2D eigenvalue weighted by Gasteiger charge is -2.38. The van der Waals surface area contributed by atoms with Gasteiger partial charge in [0.15, 0.2) is 0 Å². The quantitative estimate of drug-likeness (QED) is 0.709. The maximum absolute atomic E-state index is 11.6. The first-order valence-corrected chi connectivity index (χ1v) is 6.00. The minimum absolute atomic E-state index is 0.0326. The summed E-state index contributed by atoms with van der Waals surface area (Å²) in [7, 11) is 1.53. The van der Waals surface area contributed by atoms with Crippen molar-refractivity contribution in [3.05, 3.63) is 0 Å². The first kappa shape index (κ1) is 13.9. The Bertz CT molecular complexity index is 291. The lowest BCUT2D eigenvalue weighted by Crippen LogP contribution is -2.53. The smallest absolute Gasteiger partial charge is 0.248 e. The highest BCUT2D eigenvalue weighted by atomic mass is 16.5. The summed E-state index contributed by atoms with van der Waals surface area (Å²) in [6, 6.07) is 2.29. The van der Waals surface area contributed by atoms with E-state index in [1.54, 1.807) is 4.90 Å². The van der Waals surface area contributed by atoms with E-state index in [2.05, 4.69) is 24.8 Å². The van der Waals surface area contributed by atoms with Gasteiger partial charge in [0.1, 0.15) is 12.6 Å². The number of nitrogens with zero attached hydrogens (tertiary/aromatic N) is 3. The summed E-state index contributed by atoms with van der Waals surface area (Å²) in [6.45, 7) is 7.16. The van der Waals surface area contributed by atoms with Gasteiger partial charge in [-0.05, 0) is 5.92 Å². The van der Waals surface area contributed by atoms with E-state index in [1.165, 1.54) is 7.11 Å². The normalized spacial score (nSPS) is 19.1. The molecule has 17 heavy (non-hydrogen) atoms. The van der Waals surface area contributed by atoms with E-state index in [4.69, 9.17) is 10.00 Å². The van der Waals surface area contributed by atoms with Crippen molar-refractivity contribution >= 4 is 5.91 Å². The average Bonchev–Trinajstić information content (AvgIpc) is 2.30. The van der Waals surface area contributed by atoms with Gasteiger partial charge in [0, 0.05) is 33.3 Å². The topological polar surface area (TPSA) is 56.6 Å². The molecule has 5 heteroatoms. The zero-order valence-corrected chi connectivity index (χ0v) is 10.8. The Labute approximate surface area is 103 Å². The number of rotatable bonds is 4. The van der Waals surface area contributed by atoms with Crippen molar-refractivity contribution in [1.29, 1.82) is 5.26 Å². The van der Waals surface area contributed by atoms with Crippen LogP contribution in [0.5, 0.6) is 0 Å². The van der Waals surface area contributed by atoms with Gasteiger partial charge in [0.2, 0.25) is 5.91 Å². The van der Waals surface area contributed by atoms with E-state index in [0.29, 0.717) is 19.0 Å². The van der Waals surface area contributed by atoms with Gasteiger partial charge in [0.05, 0.1) is 6.07 Å². The van der Waals surface area contributed by atoms with E-state index in [9.17, 15) is 4.79 Å². The molecule has 0 aromatic heterocycles. The number of ether oxygens (including phenoxy) is 1. The number of amides is 1. The lowest BCUT2D eigenvalue weighted by atomic mass is 10.0. The van der Waals surface area contributed by atoms with Crippen LogP contribution in [0, 0.1) is 17.2 Å². The second-order valence-corrected chi connectivity index (χ2v) is 4.67. The molecule has 0 aromatic rings. The molecule has 0 aliphatic carbocycles. The highest BCUT2D eigenvalue weighted by Gasteiger charge is 2.27. The standard InChI is InChI=1S/C12H21N3O2/c1-10(2)11(8-13)14-4-6-15(7-5-14)12(16)9-17-3/h10-11H,4-7,9H2,1-3H3. The van der Waals surface area contributed by atoms with Crippen molar-refractivity contribution in [2.45, 2.75) is 19.9 Å². The number of nitriles is 1. The molecular formula is C12H21N3O2. The summed E-state index contributed by atoms with van der Waals surface area (Å²) >= 11 is 0. The molecule has 0 saturated carbocycles. The Morgan fingerprint density at radius 1 is 1.35 bits per heavy atom.